The molecule has 3 aromatic rings. The average molecular weight is 551 g/mol. The normalized spacial score (nSPS) is 13.8. The second-order valence-electron chi connectivity index (χ2n) is 10.7. The van der Waals surface area contributed by atoms with Crippen LogP contribution in [0.1, 0.15) is 65.8 Å². The summed E-state index contributed by atoms with van der Waals surface area (Å²) in [6.07, 6.45) is 1.46. The van der Waals surface area contributed by atoms with Crippen LogP contribution in [0.5, 0.6) is 11.5 Å². The highest BCUT2D eigenvalue weighted by Gasteiger charge is 2.34. The minimum absolute atomic E-state index is 0.0300. The van der Waals surface area contributed by atoms with Crippen molar-refractivity contribution in [3.05, 3.63) is 87.4 Å². The topological polar surface area (TPSA) is 91.1 Å². The molecule has 1 unspecified atom stereocenters. The van der Waals surface area contributed by atoms with Crippen LogP contribution in [0.2, 0.25) is 5.02 Å². The Balaban J connectivity index is 1.69. The zero-order chi connectivity index (χ0) is 28.3. The van der Waals surface area contributed by atoms with E-state index in [1.807, 2.05) is 35.2 Å². The molecule has 0 spiro atoms. The molecule has 206 valence electrons. The number of ether oxygens (including phenoxy) is 3. The molecule has 2 N–H and O–H groups in total. The molecule has 1 aliphatic rings. The maximum atomic E-state index is 13.5. The summed E-state index contributed by atoms with van der Waals surface area (Å²) in [5.74, 6) is -0.0274. The van der Waals surface area contributed by atoms with E-state index in [1.165, 1.54) is 5.56 Å². The van der Waals surface area contributed by atoms with E-state index in [9.17, 15) is 9.59 Å². The quantitative estimate of drug-likeness (QED) is 0.346. The van der Waals surface area contributed by atoms with Crippen LogP contribution in [0.15, 0.2) is 54.6 Å². The number of fused-ring (bicyclic) bond motifs is 1. The minimum Gasteiger partial charge on any atom is -0.497 e. The molecule has 1 atom stereocenters. The smallest absolute Gasteiger partial charge is 0.340 e. The number of methoxy groups -OCH3 is 2. The summed E-state index contributed by atoms with van der Waals surface area (Å²) in [6.45, 7) is 7.07. The number of hydrogen-bond donors (Lipinski definition) is 1. The Labute approximate surface area is 234 Å². The number of nitrogens with zero attached hydrogens (tertiary/aromatic N) is 1. The molecule has 0 saturated heterocycles. The van der Waals surface area contributed by atoms with Crippen LogP contribution < -0.4 is 20.1 Å². The largest absolute Gasteiger partial charge is 0.497 e. The van der Waals surface area contributed by atoms with Crippen LogP contribution in [0.3, 0.4) is 0 Å². The predicted octanol–water partition coefficient (Wildman–Crippen LogP) is 5.99. The van der Waals surface area contributed by atoms with Gasteiger partial charge in [0.1, 0.15) is 24.1 Å². The van der Waals surface area contributed by atoms with E-state index in [0.717, 1.165) is 17.5 Å². The van der Waals surface area contributed by atoms with Crippen molar-refractivity contribution >= 4 is 29.2 Å². The molecule has 8 heteroatoms. The third-order valence-electron chi connectivity index (χ3n) is 6.97. The summed E-state index contributed by atoms with van der Waals surface area (Å²) in [7, 11) is 3.08. The van der Waals surface area contributed by atoms with Crippen molar-refractivity contribution < 1.29 is 23.8 Å². The number of esters is 1. The van der Waals surface area contributed by atoms with Gasteiger partial charge in [0.2, 0.25) is 5.91 Å². The van der Waals surface area contributed by atoms with Crippen LogP contribution in [0, 0.1) is 0 Å². The highest BCUT2D eigenvalue weighted by atomic mass is 35.5. The monoisotopic (exact) mass is 550 g/mol. The molecule has 3 aromatic carbocycles. The molecular formula is C31H35ClN2O5. The molecule has 0 aliphatic carbocycles. The van der Waals surface area contributed by atoms with Gasteiger partial charge >= 0.3 is 5.97 Å². The first kappa shape index (κ1) is 28.3. The van der Waals surface area contributed by atoms with Gasteiger partial charge in [0.15, 0.2) is 0 Å². The maximum absolute atomic E-state index is 13.5. The van der Waals surface area contributed by atoms with Crippen molar-refractivity contribution in [2.45, 2.75) is 51.7 Å². The first-order valence-corrected chi connectivity index (χ1v) is 13.3. The molecule has 0 radical (unpaired) electrons. The van der Waals surface area contributed by atoms with Crippen molar-refractivity contribution in [1.82, 2.24) is 0 Å². The van der Waals surface area contributed by atoms with Crippen molar-refractivity contribution in [3.8, 4) is 11.5 Å². The van der Waals surface area contributed by atoms with E-state index in [4.69, 9.17) is 31.5 Å². The Hall–Kier alpha value is -3.71. The Kier molecular flexibility index (Phi) is 8.40. The van der Waals surface area contributed by atoms with E-state index < -0.39 is 17.9 Å². The van der Waals surface area contributed by atoms with Crippen molar-refractivity contribution in [1.29, 1.82) is 0 Å². The molecule has 0 aromatic heterocycles. The Morgan fingerprint density at radius 3 is 2.21 bits per heavy atom. The van der Waals surface area contributed by atoms with Gasteiger partial charge in [0.05, 0.1) is 25.5 Å². The molecule has 1 amide bonds. The third kappa shape index (κ3) is 6.31. The number of carbonyl (C=O) groups is 2. The summed E-state index contributed by atoms with van der Waals surface area (Å²) in [4.78, 5) is 28.3. The van der Waals surface area contributed by atoms with Gasteiger partial charge in [-0.25, -0.2) is 4.79 Å². The Morgan fingerprint density at radius 2 is 1.64 bits per heavy atom. The fraction of sp³-hybridized carbons (Fsp3) is 0.355. The molecule has 4 rings (SSSR count). The predicted molar refractivity (Wildman–Crippen MR) is 153 cm³/mol. The number of anilines is 1. The van der Waals surface area contributed by atoms with Gasteiger partial charge in [-0.1, -0.05) is 56.6 Å². The summed E-state index contributed by atoms with van der Waals surface area (Å²) in [5, 5.41) is 0.427. The van der Waals surface area contributed by atoms with Crippen molar-refractivity contribution in [2.24, 2.45) is 5.73 Å². The van der Waals surface area contributed by atoms with E-state index in [1.54, 1.807) is 38.5 Å². The van der Waals surface area contributed by atoms with Gasteiger partial charge in [-0.05, 0) is 64.8 Å². The second-order valence-corrected chi connectivity index (χ2v) is 11.2. The minimum atomic E-state index is -0.870. The molecule has 0 saturated carbocycles. The van der Waals surface area contributed by atoms with E-state index in [0.29, 0.717) is 46.3 Å². The zero-order valence-electron chi connectivity index (χ0n) is 23.0. The van der Waals surface area contributed by atoms with Crippen LogP contribution in [0.4, 0.5) is 5.69 Å². The van der Waals surface area contributed by atoms with Gasteiger partial charge in [0, 0.05) is 17.6 Å². The lowest BCUT2D eigenvalue weighted by Gasteiger charge is -2.38. The highest BCUT2D eigenvalue weighted by Crippen LogP contribution is 2.40. The number of hydrogen-bond acceptors (Lipinski definition) is 6. The Morgan fingerprint density at radius 1 is 1.00 bits per heavy atom. The van der Waals surface area contributed by atoms with Gasteiger partial charge in [-0.2, -0.15) is 0 Å². The molecule has 1 heterocycles. The SMILES string of the molecule is COc1cc(OC)cc(C(C(N)=O)N2CCCc3cc(Cl)cc(C(=O)OCc4ccc(C(C)(C)C)cc4)c32)c1. The van der Waals surface area contributed by atoms with Crippen LogP contribution in [0.25, 0.3) is 0 Å². The maximum Gasteiger partial charge on any atom is 0.340 e. The molecule has 0 bridgehead atoms. The van der Waals surface area contributed by atoms with Crippen molar-refractivity contribution in [2.75, 3.05) is 25.7 Å². The number of rotatable bonds is 8. The van der Waals surface area contributed by atoms with Crippen molar-refractivity contribution in [3.63, 3.8) is 0 Å². The fourth-order valence-electron chi connectivity index (χ4n) is 4.96. The number of carbonyl (C=O) groups excluding carboxylic acids is 2. The number of amides is 1. The van der Waals surface area contributed by atoms with Crippen LogP contribution in [-0.2, 0) is 28.0 Å². The lowest BCUT2D eigenvalue weighted by atomic mass is 9.87. The number of benzene rings is 3. The third-order valence-corrected chi connectivity index (χ3v) is 7.18. The van der Waals surface area contributed by atoms with Gasteiger partial charge < -0.3 is 24.8 Å². The lowest BCUT2D eigenvalue weighted by Crippen LogP contribution is -2.41. The van der Waals surface area contributed by atoms with Gasteiger partial charge in [0.25, 0.3) is 0 Å². The molecule has 39 heavy (non-hydrogen) atoms. The van der Waals surface area contributed by atoms with Crippen LogP contribution in [-0.4, -0.2) is 32.6 Å². The van der Waals surface area contributed by atoms with E-state index >= 15 is 0 Å². The summed E-state index contributed by atoms with van der Waals surface area (Å²) in [6, 6.07) is 15.8. The number of halogens is 1. The second kappa shape index (κ2) is 11.6. The summed E-state index contributed by atoms with van der Waals surface area (Å²) >= 11 is 6.44. The molecule has 7 nitrogen and oxygen atoms in total. The van der Waals surface area contributed by atoms with Gasteiger partial charge in [-0.3, -0.25) is 4.79 Å². The highest BCUT2D eigenvalue weighted by molar-refractivity contribution is 6.31. The lowest BCUT2D eigenvalue weighted by molar-refractivity contribution is -0.119. The number of aryl methyl sites for hydroxylation is 1. The first-order valence-electron chi connectivity index (χ1n) is 12.9. The first-order chi connectivity index (χ1) is 18.5. The van der Waals surface area contributed by atoms with Crippen LogP contribution >= 0.6 is 11.6 Å². The van der Waals surface area contributed by atoms with E-state index in [-0.39, 0.29) is 12.0 Å². The fourth-order valence-corrected chi connectivity index (χ4v) is 5.20. The summed E-state index contributed by atoms with van der Waals surface area (Å²) in [5.41, 5.74) is 10.4. The molecular weight excluding hydrogens is 516 g/mol. The standard InChI is InChI=1S/C31H35ClN2O5/c1-31(2,3)22-10-8-19(9-11-22)18-39-30(36)26-16-23(32)13-20-7-6-12-34(27(20)26)28(29(33)35)21-14-24(37-4)17-25(15-21)38-5/h8-11,13-17,28H,6-7,12,18H2,1-5H3,(H2,33,35). The zero-order valence-corrected chi connectivity index (χ0v) is 23.8. The number of nitrogens with two attached hydrogens (primary N) is 1. The Bertz CT molecular complexity index is 1340. The van der Waals surface area contributed by atoms with E-state index in [2.05, 4.69) is 20.8 Å². The molecule has 0 fully saturated rings. The summed E-state index contributed by atoms with van der Waals surface area (Å²) < 4.78 is 16.6. The molecule has 1 aliphatic heterocycles. The van der Waals surface area contributed by atoms with Gasteiger partial charge in [-0.15, -0.1) is 0 Å². The average Bonchev–Trinajstić information content (AvgIpc) is 2.90. The number of primary amides is 1.